The lowest BCUT2D eigenvalue weighted by molar-refractivity contribution is 0.669. The van der Waals surface area contributed by atoms with E-state index < -0.39 is 0 Å². The van der Waals surface area contributed by atoms with Crippen LogP contribution in [-0.4, -0.2) is 14.5 Å². The molecule has 0 unspecified atom stereocenters. The Morgan fingerprint density at radius 1 is 0.509 bits per heavy atom. The molecule has 5 heteroatoms. The van der Waals surface area contributed by atoms with Gasteiger partial charge in [-0.1, -0.05) is 103 Å². The maximum absolute atomic E-state index is 6.39. The molecule has 0 N–H and O–H groups in total. The van der Waals surface area contributed by atoms with Gasteiger partial charge in [0.05, 0.1) is 27.3 Å². The van der Waals surface area contributed by atoms with E-state index in [2.05, 4.69) is 156 Å². The number of aryl methyl sites for hydroxylation is 2. The molecule has 53 heavy (non-hydrogen) atoms. The number of aromatic nitrogens is 3. The average Bonchev–Trinajstić information content (AvgIpc) is 3.88. The first kappa shape index (κ1) is 29.1. The van der Waals surface area contributed by atoms with Crippen LogP contribution in [0.1, 0.15) is 11.1 Å². The van der Waals surface area contributed by atoms with E-state index in [-0.39, 0.29) is 0 Å². The molecule has 0 amide bonds. The van der Waals surface area contributed by atoms with E-state index in [1.165, 1.54) is 59.1 Å². The molecule has 0 fully saturated rings. The first-order valence-corrected chi connectivity index (χ1v) is 18.9. The molecule has 0 saturated carbocycles. The summed E-state index contributed by atoms with van der Waals surface area (Å²) in [7, 11) is 0. The lowest BCUT2D eigenvalue weighted by Gasteiger charge is -2.17. The number of thiophene rings is 1. The van der Waals surface area contributed by atoms with Gasteiger partial charge in [0, 0.05) is 31.8 Å². The molecule has 4 heterocycles. The van der Waals surface area contributed by atoms with Crippen molar-refractivity contribution in [3.63, 3.8) is 0 Å². The molecule has 0 atom stereocenters. The lowest BCUT2D eigenvalue weighted by atomic mass is 9.92. The SMILES string of the molecule is c1ccc(-c2ccc3c4c(sc3c2)-c2c(c3ccccc3n2-c2nc(-c3ccc5oc6cc7ccccc7cc6c5c3)c3ccccc3n2)CC4)cc1. The Morgan fingerprint density at radius 3 is 2.15 bits per heavy atom. The fourth-order valence-corrected chi connectivity index (χ4v) is 10.0. The van der Waals surface area contributed by atoms with Gasteiger partial charge in [-0.2, -0.15) is 0 Å². The third-order valence-corrected chi connectivity index (χ3v) is 12.3. The zero-order valence-corrected chi connectivity index (χ0v) is 29.3. The maximum Gasteiger partial charge on any atom is 0.235 e. The zero-order valence-electron chi connectivity index (χ0n) is 28.5. The van der Waals surface area contributed by atoms with Gasteiger partial charge in [0.15, 0.2) is 0 Å². The summed E-state index contributed by atoms with van der Waals surface area (Å²) in [5, 5.41) is 8.21. The van der Waals surface area contributed by atoms with Crippen LogP contribution in [0.5, 0.6) is 0 Å². The van der Waals surface area contributed by atoms with Crippen molar-refractivity contribution in [2.45, 2.75) is 12.8 Å². The predicted molar refractivity (Wildman–Crippen MR) is 220 cm³/mol. The number of para-hydroxylation sites is 2. The fraction of sp³-hybridized carbons (Fsp3) is 0.0417. The largest absolute Gasteiger partial charge is 0.456 e. The highest BCUT2D eigenvalue weighted by Gasteiger charge is 2.30. The van der Waals surface area contributed by atoms with E-state index in [0.717, 1.165) is 62.5 Å². The van der Waals surface area contributed by atoms with Crippen molar-refractivity contribution >= 4 is 75.9 Å². The molecule has 0 aliphatic heterocycles. The van der Waals surface area contributed by atoms with Gasteiger partial charge in [-0.25, -0.2) is 9.97 Å². The van der Waals surface area contributed by atoms with Gasteiger partial charge < -0.3 is 4.42 Å². The highest BCUT2D eigenvalue weighted by molar-refractivity contribution is 7.22. The van der Waals surface area contributed by atoms with Gasteiger partial charge in [0.2, 0.25) is 5.95 Å². The van der Waals surface area contributed by atoms with Crippen LogP contribution in [0, 0.1) is 0 Å². The number of hydrogen-bond donors (Lipinski definition) is 0. The molecule has 7 aromatic carbocycles. The van der Waals surface area contributed by atoms with Gasteiger partial charge in [-0.3, -0.25) is 4.57 Å². The van der Waals surface area contributed by atoms with Crippen molar-refractivity contribution in [2.75, 3.05) is 0 Å². The fourth-order valence-electron chi connectivity index (χ4n) is 8.65. The van der Waals surface area contributed by atoms with Gasteiger partial charge in [0.1, 0.15) is 11.2 Å². The summed E-state index contributed by atoms with van der Waals surface area (Å²) < 4.78 is 10.0. The van der Waals surface area contributed by atoms with Gasteiger partial charge in [-0.05, 0) is 99.8 Å². The highest BCUT2D eigenvalue weighted by Crippen LogP contribution is 2.49. The summed E-state index contributed by atoms with van der Waals surface area (Å²) in [6, 6.07) is 54.1. The molecular formula is C48H29N3OS. The Balaban J connectivity index is 1.10. The van der Waals surface area contributed by atoms with Crippen LogP contribution in [0.4, 0.5) is 0 Å². The Hall–Kier alpha value is -6.56. The van der Waals surface area contributed by atoms with E-state index in [1.807, 2.05) is 11.3 Å². The molecule has 1 aliphatic rings. The van der Waals surface area contributed by atoms with E-state index >= 15 is 0 Å². The first-order chi connectivity index (χ1) is 26.2. The number of rotatable bonds is 3. The second kappa shape index (κ2) is 11.0. The number of furan rings is 1. The summed E-state index contributed by atoms with van der Waals surface area (Å²) in [6.45, 7) is 0. The van der Waals surface area contributed by atoms with Crippen LogP contribution in [0.25, 0.3) is 104 Å². The molecule has 248 valence electrons. The molecule has 12 rings (SSSR count). The summed E-state index contributed by atoms with van der Waals surface area (Å²) in [5.74, 6) is 0.689. The van der Waals surface area contributed by atoms with Gasteiger partial charge in [0.25, 0.3) is 0 Å². The van der Waals surface area contributed by atoms with Crippen molar-refractivity contribution in [3.8, 4) is 38.9 Å². The normalized spacial score (nSPS) is 12.8. The monoisotopic (exact) mass is 695 g/mol. The maximum atomic E-state index is 6.39. The molecule has 0 radical (unpaired) electrons. The minimum Gasteiger partial charge on any atom is -0.456 e. The summed E-state index contributed by atoms with van der Waals surface area (Å²) in [6.07, 6.45) is 1.99. The molecule has 4 aromatic heterocycles. The summed E-state index contributed by atoms with van der Waals surface area (Å²) in [4.78, 5) is 12.1. The van der Waals surface area contributed by atoms with Gasteiger partial charge in [-0.15, -0.1) is 11.3 Å². The summed E-state index contributed by atoms with van der Waals surface area (Å²) in [5.41, 5.74) is 12.3. The standard InChI is InChI=1S/C48H29N3OS/c1-2-10-28(11-3-1)31-18-20-34-36-22-21-35-33-14-7-9-17-41(33)51(46(35)47(36)53-44(34)27-31)48-49-40-16-8-6-15-37(40)45(50-48)32-19-23-42-38(25-32)39-24-29-12-4-5-13-30(29)26-43(39)52-42/h1-20,23-27H,21-22H2. The molecule has 0 spiro atoms. The highest BCUT2D eigenvalue weighted by atomic mass is 32.1. The Labute approximate surface area is 308 Å². The molecular weight excluding hydrogens is 667 g/mol. The predicted octanol–water partition coefficient (Wildman–Crippen LogP) is 12.9. The minimum atomic E-state index is 0.689. The Morgan fingerprint density at radius 2 is 1.25 bits per heavy atom. The third kappa shape index (κ3) is 4.29. The van der Waals surface area contributed by atoms with Crippen LogP contribution in [0.2, 0.25) is 0 Å². The number of hydrogen-bond acceptors (Lipinski definition) is 4. The van der Waals surface area contributed by atoms with Crippen molar-refractivity contribution in [2.24, 2.45) is 0 Å². The van der Waals surface area contributed by atoms with Crippen LogP contribution >= 0.6 is 11.3 Å². The molecule has 0 saturated heterocycles. The smallest absolute Gasteiger partial charge is 0.235 e. The van der Waals surface area contributed by atoms with Crippen LogP contribution in [0.3, 0.4) is 0 Å². The van der Waals surface area contributed by atoms with E-state index in [9.17, 15) is 0 Å². The topological polar surface area (TPSA) is 43.9 Å². The quantitative estimate of drug-likeness (QED) is 0.185. The average molecular weight is 696 g/mol. The van der Waals surface area contributed by atoms with E-state index in [4.69, 9.17) is 14.4 Å². The lowest BCUT2D eigenvalue weighted by Crippen LogP contribution is -2.08. The van der Waals surface area contributed by atoms with Crippen molar-refractivity contribution in [1.82, 2.24) is 14.5 Å². The van der Waals surface area contributed by atoms with Gasteiger partial charge >= 0.3 is 0 Å². The zero-order chi connectivity index (χ0) is 34.6. The second-order valence-electron chi connectivity index (χ2n) is 14.1. The summed E-state index contributed by atoms with van der Waals surface area (Å²) >= 11 is 1.90. The molecule has 4 nitrogen and oxygen atoms in total. The Bertz CT molecular complexity index is 3290. The third-order valence-electron chi connectivity index (χ3n) is 11.1. The molecule has 0 bridgehead atoms. The second-order valence-corrected chi connectivity index (χ2v) is 15.1. The van der Waals surface area contributed by atoms with Crippen LogP contribution in [0.15, 0.2) is 156 Å². The number of benzene rings is 7. The molecule has 1 aliphatic carbocycles. The minimum absolute atomic E-state index is 0.689. The van der Waals surface area contributed by atoms with Crippen molar-refractivity contribution < 1.29 is 4.42 Å². The van der Waals surface area contributed by atoms with E-state index in [1.54, 1.807) is 0 Å². The van der Waals surface area contributed by atoms with Crippen molar-refractivity contribution in [1.29, 1.82) is 0 Å². The van der Waals surface area contributed by atoms with Crippen LogP contribution < -0.4 is 0 Å². The van der Waals surface area contributed by atoms with E-state index in [0.29, 0.717) is 5.95 Å². The first-order valence-electron chi connectivity index (χ1n) is 18.1. The Kier molecular flexibility index (Phi) is 6.02. The van der Waals surface area contributed by atoms with Crippen LogP contribution in [-0.2, 0) is 12.8 Å². The number of fused-ring (bicyclic) bond motifs is 12. The number of nitrogens with zero attached hydrogens (tertiary/aromatic N) is 3. The van der Waals surface area contributed by atoms with Crippen molar-refractivity contribution in [3.05, 3.63) is 163 Å². The molecule has 11 aromatic rings.